The van der Waals surface area contributed by atoms with Gasteiger partial charge in [0, 0.05) is 6.54 Å². The standard InChI is InChI=1S/C12H21N3O3/c1-4-6-13-11(12(16)18-3)5-7-15-9-10(17-2)8-14-15/h8-9,11,13H,4-7H2,1-3H3. The molecule has 6 heteroatoms. The summed E-state index contributed by atoms with van der Waals surface area (Å²) in [5, 5.41) is 7.30. The van der Waals surface area contributed by atoms with E-state index in [9.17, 15) is 4.79 Å². The van der Waals surface area contributed by atoms with Gasteiger partial charge in [0.05, 0.1) is 26.6 Å². The summed E-state index contributed by atoms with van der Waals surface area (Å²) in [7, 11) is 3.00. The highest BCUT2D eigenvalue weighted by molar-refractivity contribution is 5.75. The summed E-state index contributed by atoms with van der Waals surface area (Å²) in [6, 6.07) is -0.287. The van der Waals surface area contributed by atoms with E-state index in [1.54, 1.807) is 24.2 Å². The average molecular weight is 255 g/mol. The van der Waals surface area contributed by atoms with Crippen molar-refractivity contribution < 1.29 is 14.3 Å². The Kier molecular flexibility index (Phi) is 6.21. The van der Waals surface area contributed by atoms with Crippen molar-refractivity contribution in [1.29, 1.82) is 0 Å². The first-order chi connectivity index (χ1) is 8.71. The Hall–Kier alpha value is -1.56. The summed E-state index contributed by atoms with van der Waals surface area (Å²) in [4.78, 5) is 11.6. The first kappa shape index (κ1) is 14.5. The fraction of sp³-hybridized carbons (Fsp3) is 0.667. The molecule has 0 saturated heterocycles. The lowest BCUT2D eigenvalue weighted by atomic mass is 10.2. The molecular formula is C12H21N3O3. The molecule has 0 aromatic carbocycles. The lowest BCUT2D eigenvalue weighted by Gasteiger charge is -2.15. The molecular weight excluding hydrogens is 234 g/mol. The summed E-state index contributed by atoms with van der Waals surface area (Å²) >= 11 is 0. The van der Waals surface area contributed by atoms with Crippen LogP contribution in [-0.2, 0) is 16.1 Å². The number of hydrogen-bond acceptors (Lipinski definition) is 5. The van der Waals surface area contributed by atoms with Crippen LogP contribution in [-0.4, -0.2) is 42.6 Å². The second-order valence-corrected chi connectivity index (χ2v) is 3.96. The molecule has 1 N–H and O–H groups in total. The molecule has 0 fully saturated rings. The Morgan fingerprint density at radius 2 is 2.33 bits per heavy atom. The van der Waals surface area contributed by atoms with Crippen molar-refractivity contribution in [1.82, 2.24) is 15.1 Å². The first-order valence-electron chi connectivity index (χ1n) is 6.09. The molecule has 0 bridgehead atoms. The van der Waals surface area contributed by atoms with Crippen LogP contribution >= 0.6 is 0 Å². The van der Waals surface area contributed by atoms with Crippen LogP contribution in [0.1, 0.15) is 19.8 Å². The van der Waals surface area contributed by atoms with E-state index in [2.05, 4.69) is 17.3 Å². The zero-order chi connectivity index (χ0) is 13.4. The number of nitrogens with one attached hydrogen (secondary N) is 1. The van der Waals surface area contributed by atoms with Gasteiger partial charge in [0.2, 0.25) is 0 Å². The van der Waals surface area contributed by atoms with Crippen molar-refractivity contribution in [2.75, 3.05) is 20.8 Å². The molecule has 0 amide bonds. The number of esters is 1. The molecule has 1 unspecified atom stereocenters. The molecule has 0 saturated carbocycles. The van der Waals surface area contributed by atoms with Gasteiger partial charge in [-0.2, -0.15) is 5.10 Å². The highest BCUT2D eigenvalue weighted by Crippen LogP contribution is 2.08. The fourth-order valence-electron chi connectivity index (χ4n) is 1.60. The van der Waals surface area contributed by atoms with Crippen LogP contribution in [0, 0.1) is 0 Å². The normalized spacial score (nSPS) is 12.2. The highest BCUT2D eigenvalue weighted by Gasteiger charge is 2.17. The molecule has 1 aromatic heterocycles. The van der Waals surface area contributed by atoms with Gasteiger partial charge in [0.1, 0.15) is 6.04 Å². The Morgan fingerprint density at radius 3 is 2.89 bits per heavy atom. The highest BCUT2D eigenvalue weighted by atomic mass is 16.5. The SMILES string of the molecule is CCCNC(CCn1cc(OC)cn1)C(=O)OC. The number of carbonyl (C=O) groups is 1. The summed E-state index contributed by atoms with van der Waals surface area (Å²) in [6.45, 7) is 3.49. The maximum atomic E-state index is 11.6. The molecule has 0 aliphatic heterocycles. The maximum Gasteiger partial charge on any atom is 0.322 e. The largest absolute Gasteiger partial charge is 0.493 e. The van der Waals surface area contributed by atoms with E-state index in [0.717, 1.165) is 13.0 Å². The third-order valence-electron chi connectivity index (χ3n) is 2.62. The van der Waals surface area contributed by atoms with E-state index in [4.69, 9.17) is 9.47 Å². The predicted octanol–water partition coefficient (Wildman–Crippen LogP) is 0.823. The van der Waals surface area contributed by atoms with E-state index < -0.39 is 0 Å². The monoisotopic (exact) mass is 255 g/mol. The summed E-state index contributed by atoms with van der Waals surface area (Å²) < 4.78 is 11.6. The molecule has 1 heterocycles. The third kappa shape index (κ3) is 4.37. The van der Waals surface area contributed by atoms with Crippen LogP contribution in [0.5, 0.6) is 5.75 Å². The second kappa shape index (κ2) is 7.71. The van der Waals surface area contributed by atoms with E-state index >= 15 is 0 Å². The van der Waals surface area contributed by atoms with Crippen LogP contribution in [0.25, 0.3) is 0 Å². The molecule has 1 rings (SSSR count). The Bertz CT molecular complexity index is 365. The van der Waals surface area contributed by atoms with Crippen LogP contribution in [0.15, 0.2) is 12.4 Å². The summed E-state index contributed by atoms with van der Waals surface area (Å²) in [5.41, 5.74) is 0. The molecule has 18 heavy (non-hydrogen) atoms. The van der Waals surface area contributed by atoms with Crippen molar-refractivity contribution in [3.63, 3.8) is 0 Å². The molecule has 0 aliphatic carbocycles. The number of aromatic nitrogens is 2. The molecule has 6 nitrogen and oxygen atoms in total. The van der Waals surface area contributed by atoms with Gasteiger partial charge in [-0.3, -0.25) is 9.48 Å². The number of carbonyl (C=O) groups excluding carboxylic acids is 1. The summed E-state index contributed by atoms with van der Waals surface area (Å²) in [5.74, 6) is 0.480. The third-order valence-corrected chi connectivity index (χ3v) is 2.62. The van der Waals surface area contributed by atoms with Crippen LogP contribution in [0.2, 0.25) is 0 Å². The zero-order valence-electron chi connectivity index (χ0n) is 11.2. The fourth-order valence-corrected chi connectivity index (χ4v) is 1.60. The minimum atomic E-state index is -0.287. The van der Waals surface area contributed by atoms with Gasteiger partial charge in [-0.25, -0.2) is 0 Å². The number of methoxy groups -OCH3 is 2. The molecule has 0 radical (unpaired) electrons. The van der Waals surface area contributed by atoms with E-state index in [1.807, 2.05) is 0 Å². The van der Waals surface area contributed by atoms with E-state index in [-0.39, 0.29) is 12.0 Å². The van der Waals surface area contributed by atoms with E-state index in [0.29, 0.717) is 18.7 Å². The van der Waals surface area contributed by atoms with Gasteiger partial charge < -0.3 is 14.8 Å². The van der Waals surface area contributed by atoms with Gasteiger partial charge >= 0.3 is 5.97 Å². The van der Waals surface area contributed by atoms with Crippen molar-refractivity contribution in [3.8, 4) is 5.75 Å². The number of nitrogens with zero attached hydrogens (tertiary/aromatic N) is 2. The predicted molar refractivity (Wildman–Crippen MR) is 67.5 cm³/mol. The minimum absolute atomic E-state index is 0.234. The van der Waals surface area contributed by atoms with Gasteiger partial charge in [0.15, 0.2) is 5.75 Å². The van der Waals surface area contributed by atoms with Gasteiger partial charge in [0.25, 0.3) is 0 Å². The van der Waals surface area contributed by atoms with Crippen molar-refractivity contribution in [3.05, 3.63) is 12.4 Å². The number of hydrogen-bond donors (Lipinski definition) is 1. The molecule has 102 valence electrons. The van der Waals surface area contributed by atoms with Crippen molar-refractivity contribution in [2.45, 2.75) is 32.4 Å². The smallest absolute Gasteiger partial charge is 0.322 e. The molecule has 0 spiro atoms. The number of aryl methyl sites for hydroxylation is 1. The van der Waals surface area contributed by atoms with Crippen LogP contribution < -0.4 is 10.1 Å². The topological polar surface area (TPSA) is 65.4 Å². The van der Waals surface area contributed by atoms with Crippen molar-refractivity contribution in [2.24, 2.45) is 0 Å². The Morgan fingerprint density at radius 1 is 1.56 bits per heavy atom. The molecule has 1 atom stereocenters. The lowest BCUT2D eigenvalue weighted by molar-refractivity contribution is -0.143. The van der Waals surface area contributed by atoms with Crippen molar-refractivity contribution >= 4 is 5.97 Å². The number of rotatable bonds is 8. The first-order valence-corrected chi connectivity index (χ1v) is 6.09. The summed E-state index contributed by atoms with van der Waals surface area (Å²) in [6.07, 6.45) is 5.06. The minimum Gasteiger partial charge on any atom is -0.493 e. The quantitative estimate of drug-likeness (QED) is 0.697. The van der Waals surface area contributed by atoms with Crippen LogP contribution in [0.4, 0.5) is 0 Å². The van der Waals surface area contributed by atoms with Crippen LogP contribution in [0.3, 0.4) is 0 Å². The van der Waals surface area contributed by atoms with Gasteiger partial charge in [-0.15, -0.1) is 0 Å². The zero-order valence-corrected chi connectivity index (χ0v) is 11.2. The maximum absolute atomic E-state index is 11.6. The Balaban J connectivity index is 2.47. The van der Waals surface area contributed by atoms with Gasteiger partial charge in [-0.05, 0) is 19.4 Å². The lowest BCUT2D eigenvalue weighted by Crippen LogP contribution is -2.38. The number of ether oxygens (including phenoxy) is 2. The molecule has 0 aliphatic rings. The van der Waals surface area contributed by atoms with E-state index in [1.165, 1.54) is 7.11 Å². The molecule has 1 aromatic rings. The average Bonchev–Trinajstić information content (AvgIpc) is 2.86. The van der Waals surface area contributed by atoms with Gasteiger partial charge in [-0.1, -0.05) is 6.92 Å². The Labute approximate surface area is 107 Å². The second-order valence-electron chi connectivity index (χ2n) is 3.96.